The van der Waals surface area contributed by atoms with E-state index in [0.29, 0.717) is 6.54 Å². The molecule has 0 saturated heterocycles. The highest BCUT2D eigenvalue weighted by Crippen LogP contribution is 2.22. The fraction of sp³-hybridized carbons (Fsp3) is 0.727. The van der Waals surface area contributed by atoms with E-state index >= 15 is 0 Å². The Morgan fingerprint density at radius 2 is 2.11 bits per heavy atom. The van der Waals surface area contributed by atoms with E-state index in [1.54, 1.807) is 0 Å². The van der Waals surface area contributed by atoms with Gasteiger partial charge in [-0.15, -0.1) is 0 Å². The summed E-state index contributed by atoms with van der Waals surface area (Å²) >= 11 is 0. The van der Waals surface area contributed by atoms with Gasteiger partial charge < -0.3 is 5.73 Å². The van der Waals surface area contributed by atoms with E-state index in [-0.39, 0.29) is 16.8 Å². The van der Waals surface area contributed by atoms with Crippen LogP contribution in [0.3, 0.4) is 0 Å². The predicted octanol–water partition coefficient (Wildman–Crippen LogP) is 1.58. The molecular weight excluding hydrogens is 252 g/mol. The van der Waals surface area contributed by atoms with E-state index in [0.717, 1.165) is 19.3 Å². The summed E-state index contributed by atoms with van der Waals surface area (Å²) in [5, 5.41) is 6.13. The van der Waals surface area contributed by atoms with E-state index in [9.17, 15) is 8.42 Å². The molecule has 1 aromatic heterocycles. The lowest BCUT2D eigenvalue weighted by atomic mass is 10.2. The first-order valence-electron chi connectivity index (χ1n) is 6.22. The Labute approximate surface area is 109 Å². The second-order valence-corrected chi connectivity index (χ2v) is 6.42. The van der Waals surface area contributed by atoms with Crippen molar-refractivity contribution >= 4 is 15.8 Å². The molecule has 0 bridgehead atoms. The fourth-order valence-corrected chi connectivity index (χ4v) is 3.48. The Balaban J connectivity index is 2.95. The molecular formula is C11H22N4O2S. The van der Waals surface area contributed by atoms with Crippen LogP contribution in [-0.2, 0) is 10.0 Å². The minimum atomic E-state index is -3.55. The number of unbranched alkanes of at least 4 members (excludes halogenated alkanes) is 2. The molecule has 18 heavy (non-hydrogen) atoms. The number of nitrogens with two attached hydrogens (primary N) is 1. The lowest BCUT2D eigenvalue weighted by molar-refractivity contribution is 0.346. The Morgan fingerprint density at radius 1 is 1.44 bits per heavy atom. The number of aromatic nitrogens is 2. The van der Waals surface area contributed by atoms with Crippen LogP contribution < -0.4 is 5.73 Å². The van der Waals surface area contributed by atoms with Gasteiger partial charge in [0.05, 0.1) is 6.20 Å². The molecule has 0 saturated carbocycles. The first kappa shape index (κ1) is 15.0. The molecule has 3 N–H and O–H groups in total. The summed E-state index contributed by atoms with van der Waals surface area (Å²) in [6.45, 7) is 6.32. The number of H-pyrrole nitrogens is 1. The van der Waals surface area contributed by atoms with E-state index in [4.69, 9.17) is 5.73 Å². The summed E-state index contributed by atoms with van der Waals surface area (Å²) in [4.78, 5) is 0.0627. The van der Waals surface area contributed by atoms with Crippen LogP contribution in [0.2, 0.25) is 0 Å². The summed E-state index contributed by atoms with van der Waals surface area (Å²) in [5.74, 6) is 0.0936. The van der Waals surface area contributed by atoms with Gasteiger partial charge in [0.2, 0.25) is 10.0 Å². The number of nitrogens with one attached hydrogen (secondary N) is 1. The van der Waals surface area contributed by atoms with Crippen LogP contribution in [0.1, 0.15) is 40.0 Å². The Bertz CT molecular complexity index is 467. The van der Waals surface area contributed by atoms with E-state index < -0.39 is 10.0 Å². The Hall–Kier alpha value is -1.08. The highest BCUT2D eigenvalue weighted by molar-refractivity contribution is 7.89. The highest BCUT2D eigenvalue weighted by atomic mass is 32.2. The number of anilines is 1. The van der Waals surface area contributed by atoms with Crippen LogP contribution in [-0.4, -0.2) is 35.5 Å². The molecule has 1 aromatic rings. The molecule has 0 aliphatic rings. The Kier molecular flexibility index (Phi) is 5.15. The summed E-state index contributed by atoms with van der Waals surface area (Å²) in [6.07, 6.45) is 4.19. The third-order valence-corrected chi connectivity index (χ3v) is 4.88. The molecule has 1 heterocycles. The third kappa shape index (κ3) is 3.23. The zero-order valence-corrected chi connectivity index (χ0v) is 12.0. The topological polar surface area (TPSA) is 92.1 Å². The first-order chi connectivity index (χ1) is 8.41. The summed E-state index contributed by atoms with van der Waals surface area (Å²) in [5.41, 5.74) is 5.60. The van der Waals surface area contributed by atoms with Crippen LogP contribution in [0.25, 0.3) is 0 Å². The molecule has 0 fully saturated rings. The van der Waals surface area contributed by atoms with Gasteiger partial charge in [-0.1, -0.05) is 19.8 Å². The van der Waals surface area contributed by atoms with Crippen LogP contribution >= 0.6 is 0 Å². The van der Waals surface area contributed by atoms with Gasteiger partial charge in [-0.3, -0.25) is 5.10 Å². The van der Waals surface area contributed by atoms with Crippen molar-refractivity contribution in [1.82, 2.24) is 14.5 Å². The summed E-state index contributed by atoms with van der Waals surface area (Å²) in [6, 6.07) is -0.0962. The molecule has 0 amide bonds. The number of sulfonamides is 1. The van der Waals surface area contributed by atoms with Crippen LogP contribution in [0, 0.1) is 0 Å². The van der Waals surface area contributed by atoms with Crippen LogP contribution in [0.15, 0.2) is 11.1 Å². The standard InChI is InChI=1S/C11H22N4O2S/c1-4-5-6-7-15(9(2)3)18(16,17)10-8-13-14-11(10)12/h8-9H,4-7H2,1-3H3,(H3,12,13,14). The van der Waals surface area contributed by atoms with Crippen molar-refractivity contribution in [2.24, 2.45) is 0 Å². The van der Waals surface area contributed by atoms with Crippen LogP contribution in [0.4, 0.5) is 5.82 Å². The quantitative estimate of drug-likeness (QED) is 0.738. The van der Waals surface area contributed by atoms with Gasteiger partial charge in [0.15, 0.2) is 0 Å². The van der Waals surface area contributed by atoms with Crippen molar-refractivity contribution in [3.63, 3.8) is 0 Å². The lowest BCUT2D eigenvalue weighted by Gasteiger charge is -2.25. The minimum absolute atomic E-state index is 0.0627. The smallest absolute Gasteiger partial charge is 0.248 e. The first-order valence-corrected chi connectivity index (χ1v) is 7.66. The molecule has 0 aliphatic carbocycles. The van der Waals surface area contributed by atoms with Gasteiger partial charge in [0.25, 0.3) is 0 Å². The van der Waals surface area contributed by atoms with Crippen molar-refractivity contribution in [1.29, 1.82) is 0 Å². The van der Waals surface area contributed by atoms with Gasteiger partial charge in [-0.25, -0.2) is 8.42 Å². The van der Waals surface area contributed by atoms with Gasteiger partial charge in [0.1, 0.15) is 10.7 Å². The monoisotopic (exact) mass is 274 g/mol. The van der Waals surface area contributed by atoms with Crippen molar-refractivity contribution in [3.05, 3.63) is 6.20 Å². The summed E-state index contributed by atoms with van der Waals surface area (Å²) < 4.78 is 26.3. The number of aromatic amines is 1. The van der Waals surface area contributed by atoms with Crippen molar-refractivity contribution in [2.45, 2.75) is 51.0 Å². The maximum absolute atomic E-state index is 12.4. The second kappa shape index (κ2) is 6.19. The largest absolute Gasteiger partial charge is 0.383 e. The summed E-state index contributed by atoms with van der Waals surface area (Å²) in [7, 11) is -3.55. The van der Waals surface area contributed by atoms with Crippen LogP contribution in [0.5, 0.6) is 0 Å². The maximum atomic E-state index is 12.4. The average molecular weight is 274 g/mol. The molecule has 0 atom stereocenters. The van der Waals surface area contributed by atoms with Gasteiger partial charge in [-0.05, 0) is 20.3 Å². The number of hydrogen-bond acceptors (Lipinski definition) is 4. The zero-order valence-electron chi connectivity index (χ0n) is 11.2. The molecule has 0 aromatic carbocycles. The van der Waals surface area contributed by atoms with E-state index in [1.165, 1.54) is 10.5 Å². The van der Waals surface area contributed by atoms with E-state index in [2.05, 4.69) is 17.1 Å². The normalized spacial score (nSPS) is 12.5. The molecule has 7 heteroatoms. The third-order valence-electron chi connectivity index (χ3n) is 2.78. The number of nitrogen functional groups attached to an aromatic ring is 1. The lowest BCUT2D eigenvalue weighted by Crippen LogP contribution is -2.37. The highest BCUT2D eigenvalue weighted by Gasteiger charge is 2.29. The molecule has 1 rings (SSSR count). The molecule has 104 valence electrons. The SMILES string of the molecule is CCCCCN(C(C)C)S(=O)(=O)c1cn[nH]c1N. The molecule has 0 aliphatic heterocycles. The fourth-order valence-electron chi connectivity index (χ4n) is 1.79. The van der Waals surface area contributed by atoms with Crippen molar-refractivity contribution < 1.29 is 8.42 Å². The number of nitrogens with zero attached hydrogens (tertiary/aromatic N) is 2. The molecule has 0 radical (unpaired) electrons. The Morgan fingerprint density at radius 3 is 2.56 bits per heavy atom. The molecule has 0 spiro atoms. The molecule has 0 unspecified atom stereocenters. The van der Waals surface area contributed by atoms with Gasteiger partial charge >= 0.3 is 0 Å². The maximum Gasteiger partial charge on any atom is 0.248 e. The predicted molar refractivity (Wildman–Crippen MR) is 71.6 cm³/mol. The van der Waals surface area contributed by atoms with Crippen molar-refractivity contribution in [3.8, 4) is 0 Å². The number of hydrogen-bond donors (Lipinski definition) is 2. The zero-order chi connectivity index (χ0) is 13.8. The molecule has 6 nitrogen and oxygen atoms in total. The van der Waals surface area contributed by atoms with Crippen molar-refractivity contribution in [2.75, 3.05) is 12.3 Å². The second-order valence-electron chi connectivity index (χ2n) is 4.56. The number of rotatable bonds is 7. The van der Waals surface area contributed by atoms with Gasteiger partial charge in [-0.2, -0.15) is 9.40 Å². The minimum Gasteiger partial charge on any atom is -0.383 e. The van der Waals surface area contributed by atoms with Gasteiger partial charge in [0, 0.05) is 12.6 Å². The average Bonchev–Trinajstić information content (AvgIpc) is 2.70. The van der Waals surface area contributed by atoms with E-state index in [1.807, 2.05) is 13.8 Å².